The van der Waals surface area contributed by atoms with Crippen LogP contribution in [-0.4, -0.2) is 40.1 Å². The molecule has 0 amide bonds. The van der Waals surface area contributed by atoms with Gasteiger partial charge in [-0.2, -0.15) is 0 Å². The first kappa shape index (κ1) is 22.1. The Balaban J connectivity index is 1.71. The lowest BCUT2D eigenvalue weighted by molar-refractivity contribution is -0.140. The predicted octanol–water partition coefficient (Wildman–Crippen LogP) is 4.73. The smallest absolute Gasteiger partial charge is 0.323 e. The molecule has 0 bridgehead atoms. The summed E-state index contributed by atoms with van der Waals surface area (Å²) >= 11 is 1.55. The summed E-state index contributed by atoms with van der Waals surface area (Å²) in [6.45, 7) is 1.89. The maximum Gasteiger partial charge on any atom is 0.323 e. The first-order valence-corrected chi connectivity index (χ1v) is 11.4. The van der Waals surface area contributed by atoms with Gasteiger partial charge in [-0.1, -0.05) is 42.5 Å². The Bertz CT molecular complexity index is 1250. The quantitative estimate of drug-likeness (QED) is 0.336. The van der Waals surface area contributed by atoms with Gasteiger partial charge in [0.25, 0.3) is 0 Å². The van der Waals surface area contributed by atoms with E-state index in [0.717, 1.165) is 32.7 Å². The minimum atomic E-state index is -1.09. The normalized spacial score (nSPS) is 12.2. The summed E-state index contributed by atoms with van der Waals surface area (Å²) in [5, 5.41) is 21.3. The lowest BCUT2D eigenvalue weighted by Gasteiger charge is -2.13. The Morgan fingerprint density at radius 1 is 1.12 bits per heavy atom. The number of aromatic nitrogens is 1. The molecule has 3 aromatic carbocycles. The van der Waals surface area contributed by atoms with E-state index in [1.165, 1.54) is 0 Å². The highest BCUT2D eigenvalue weighted by Crippen LogP contribution is 2.34. The first-order chi connectivity index (χ1) is 15.5. The van der Waals surface area contributed by atoms with E-state index < -0.39 is 18.6 Å². The van der Waals surface area contributed by atoms with Gasteiger partial charge in [-0.25, -0.2) is 4.98 Å². The molecule has 1 unspecified atom stereocenters. The van der Waals surface area contributed by atoms with E-state index in [-0.39, 0.29) is 0 Å². The van der Waals surface area contributed by atoms with Crippen LogP contribution in [0.4, 0.5) is 0 Å². The van der Waals surface area contributed by atoms with Crippen LogP contribution >= 0.6 is 11.8 Å². The van der Waals surface area contributed by atoms with E-state index in [2.05, 4.69) is 30.4 Å². The van der Waals surface area contributed by atoms with Gasteiger partial charge in [0.2, 0.25) is 5.89 Å². The monoisotopic (exact) mass is 448 g/mol. The van der Waals surface area contributed by atoms with Gasteiger partial charge in [0, 0.05) is 17.0 Å². The van der Waals surface area contributed by atoms with E-state index >= 15 is 0 Å². The minimum Gasteiger partial charge on any atom is -0.480 e. The number of aliphatic hydroxyl groups excluding tert-OH is 1. The largest absolute Gasteiger partial charge is 0.480 e. The van der Waals surface area contributed by atoms with Crippen LogP contribution in [0.25, 0.3) is 33.7 Å². The van der Waals surface area contributed by atoms with Gasteiger partial charge >= 0.3 is 5.97 Å². The van der Waals surface area contributed by atoms with Gasteiger partial charge in [0.15, 0.2) is 5.58 Å². The molecule has 4 rings (SSSR count). The average Bonchev–Trinajstić information content (AvgIpc) is 3.22. The lowest BCUT2D eigenvalue weighted by atomic mass is 9.96. The van der Waals surface area contributed by atoms with Gasteiger partial charge in [0.1, 0.15) is 11.6 Å². The SMILES string of the molecule is CSc1cc2oc(-c3cccc(-c4ccccc4)c3C)nc2cc1CNC(CO)C(=O)O. The summed E-state index contributed by atoms with van der Waals surface area (Å²) in [7, 11) is 0. The second-order valence-electron chi connectivity index (χ2n) is 7.45. The lowest BCUT2D eigenvalue weighted by Crippen LogP contribution is -2.39. The van der Waals surface area contributed by atoms with Crippen molar-refractivity contribution in [1.82, 2.24) is 10.3 Å². The molecule has 1 heterocycles. The molecular formula is C25H24N2O4S. The minimum absolute atomic E-state index is 0.300. The van der Waals surface area contributed by atoms with Gasteiger partial charge in [-0.05, 0) is 53.6 Å². The molecule has 0 fully saturated rings. The number of thioether (sulfide) groups is 1. The Morgan fingerprint density at radius 2 is 1.88 bits per heavy atom. The maximum atomic E-state index is 11.2. The molecule has 0 aliphatic carbocycles. The zero-order valence-electron chi connectivity index (χ0n) is 17.8. The second kappa shape index (κ2) is 9.56. The van der Waals surface area contributed by atoms with Crippen LogP contribution in [0.1, 0.15) is 11.1 Å². The number of oxazole rings is 1. The molecule has 7 heteroatoms. The molecule has 0 aliphatic rings. The Morgan fingerprint density at radius 3 is 2.56 bits per heavy atom. The Kier molecular flexibility index (Phi) is 6.60. The van der Waals surface area contributed by atoms with E-state index in [1.54, 1.807) is 11.8 Å². The van der Waals surface area contributed by atoms with Crippen LogP contribution in [-0.2, 0) is 11.3 Å². The number of carbonyl (C=O) groups is 1. The van der Waals surface area contributed by atoms with Crippen LogP contribution in [0.2, 0.25) is 0 Å². The molecule has 6 nitrogen and oxygen atoms in total. The molecule has 0 radical (unpaired) electrons. The van der Waals surface area contributed by atoms with Gasteiger partial charge in [-0.15, -0.1) is 11.8 Å². The topological polar surface area (TPSA) is 95.6 Å². The first-order valence-electron chi connectivity index (χ1n) is 10.2. The standard InChI is InChI=1S/C25H24N2O4S/c1-15-18(16-7-4-3-5-8-16)9-6-10-19(15)24-27-20-11-17(13-26-21(14-28)25(29)30)23(32-2)12-22(20)31-24/h3-12,21,26,28H,13-14H2,1-2H3,(H,29,30). The van der Waals surface area contributed by atoms with Gasteiger partial charge in [0.05, 0.1) is 6.61 Å². The van der Waals surface area contributed by atoms with E-state index in [9.17, 15) is 9.90 Å². The fraction of sp³-hybridized carbons (Fsp3) is 0.200. The van der Waals surface area contributed by atoms with Crippen molar-refractivity contribution in [2.24, 2.45) is 0 Å². The molecule has 0 saturated carbocycles. The molecule has 0 saturated heterocycles. The van der Waals surface area contributed by atoms with Crippen molar-refractivity contribution in [3.05, 3.63) is 71.8 Å². The van der Waals surface area contributed by atoms with Crippen molar-refractivity contribution in [3.8, 4) is 22.6 Å². The summed E-state index contributed by atoms with van der Waals surface area (Å²) in [5.41, 5.74) is 6.56. The highest BCUT2D eigenvalue weighted by atomic mass is 32.2. The van der Waals surface area contributed by atoms with Crippen molar-refractivity contribution in [2.75, 3.05) is 12.9 Å². The number of nitrogens with zero attached hydrogens (tertiary/aromatic N) is 1. The van der Waals surface area contributed by atoms with E-state index in [1.807, 2.05) is 48.7 Å². The number of fused-ring (bicyclic) bond motifs is 1. The molecule has 1 atom stereocenters. The Labute approximate surface area is 190 Å². The average molecular weight is 449 g/mol. The van der Waals surface area contributed by atoms with Crippen LogP contribution in [0.15, 0.2) is 70.0 Å². The summed E-state index contributed by atoms with van der Waals surface area (Å²) < 4.78 is 6.13. The summed E-state index contributed by atoms with van der Waals surface area (Å²) in [5.74, 6) is -0.539. The summed E-state index contributed by atoms with van der Waals surface area (Å²) in [6, 6.07) is 19.1. The molecule has 1 aromatic heterocycles. The predicted molar refractivity (Wildman–Crippen MR) is 127 cm³/mol. The van der Waals surface area contributed by atoms with E-state index in [4.69, 9.17) is 14.5 Å². The zero-order chi connectivity index (χ0) is 22.7. The van der Waals surface area contributed by atoms with Gasteiger partial charge in [-0.3, -0.25) is 10.1 Å². The fourth-order valence-electron chi connectivity index (χ4n) is 3.70. The van der Waals surface area contributed by atoms with Crippen molar-refractivity contribution < 1.29 is 19.4 Å². The number of aliphatic hydroxyl groups is 1. The third-order valence-corrected chi connectivity index (χ3v) is 6.28. The van der Waals surface area contributed by atoms with Crippen LogP contribution in [0.5, 0.6) is 0 Å². The highest BCUT2D eigenvalue weighted by molar-refractivity contribution is 7.98. The fourth-order valence-corrected chi connectivity index (χ4v) is 4.32. The van der Waals surface area contributed by atoms with Crippen LogP contribution in [0.3, 0.4) is 0 Å². The number of nitrogens with one attached hydrogen (secondary N) is 1. The third-order valence-electron chi connectivity index (χ3n) is 5.46. The molecule has 32 heavy (non-hydrogen) atoms. The number of carboxylic acids is 1. The molecule has 4 aromatic rings. The third kappa shape index (κ3) is 4.41. The highest BCUT2D eigenvalue weighted by Gasteiger charge is 2.18. The Hall–Kier alpha value is -3.13. The maximum absolute atomic E-state index is 11.2. The number of hydrogen-bond donors (Lipinski definition) is 3. The van der Waals surface area contributed by atoms with Crippen molar-refractivity contribution in [2.45, 2.75) is 24.4 Å². The second-order valence-corrected chi connectivity index (χ2v) is 8.30. The summed E-state index contributed by atoms with van der Waals surface area (Å²) in [6.07, 6.45) is 1.95. The van der Waals surface area contributed by atoms with Crippen LogP contribution in [0, 0.1) is 6.92 Å². The number of aliphatic carboxylic acids is 1. The summed E-state index contributed by atoms with van der Waals surface area (Å²) in [4.78, 5) is 16.9. The molecule has 3 N–H and O–H groups in total. The molecule has 0 spiro atoms. The molecule has 164 valence electrons. The zero-order valence-corrected chi connectivity index (χ0v) is 18.6. The molecule has 0 aliphatic heterocycles. The number of rotatable bonds is 8. The number of benzene rings is 3. The number of hydrogen-bond acceptors (Lipinski definition) is 6. The number of carboxylic acid groups (broad SMARTS) is 1. The van der Waals surface area contributed by atoms with E-state index in [0.29, 0.717) is 23.5 Å². The van der Waals surface area contributed by atoms with Crippen molar-refractivity contribution >= 4 is 28.8 Å². The molecular weight excluding hydrogens is 424 g/mol. The van der Waals surface area contributed by atoms with Crippen molar-refractivity contribution in [3.63, 3.8) is 0 Å². The van der Waals surface area contributed by atoms with Crippen molar-refractivity contribution in [1.29, 1.82) is 0 Å². The van der Waals surface area contributed by atoms with Crippen LogP contribution < -0.4 is 5.32 Å². The van der Waals surface area contributed by atoms with Gasteiger partial charge < -0.3 is 14.6 Å².